The minimum absolute atomic E-state index is 0.0505. The molecule has 2 aliphatic rings. The van der Waals surface area contributed by atoms with Crippen LogP contribution in [0.2, 0.25) is 6.32 Å². The van der Waals surface area contributed by atoms with Crippen LogP contribution >= 0.6 is 0 Å². The first-order valence-corrected chi connectivity index (χ1v) is 9.32. The molecule has 0 aliphatic heterocycles. The molecule has 0 aromatic heterocycles. The van der Waals surface area contributed by atoms with Crippen LogP contribution in [0.1, 0.15) is 52.9 Å². The van der Waals surface area contributed by atoms with Gasteiger partial charge in [-0.3, -0.25) is 4.79 Å². The molecule has 0 radical (unpaired) electrons. The van der Waals surface area contributed by atoms with E-state index in [1.807, 2.05) is 13.8 Å². The van der Waals surface area contributed by atoms with E-state index >= 15 is 0 Å². The Balaban J connectivity index is 1.91. The molecular weight excluding hydrogens is 305 g/mol. The molecule has 7 N–H and O–H groups in total. The average molecular weight is 339 g/mol. The van der Waals surface area contributed by atoms with Gasteiger partial charge in [0.25, 0.3) is 0 Å². The molecule has 0 aromatic rings. The second-order valence-electron chi connectivity index (χ2n) is 8.60. The lowest BCUT2D eigenvalue weighted by molar-refractivity contribution is -0.123. The van der Waals surface area contributed by atoms with Gasteiger partial charge in [0.2, 0.25) is 5.91 Å². The largest absolute Gasteiger partial charge is 0.451 e. The maximum atomic E-state index is 12.2. The molecule has 2 saturated carbocycles. The summed E-state index contributed by atoms with van der Waals surface area (Å²) >= 11 is 0. The molecule has 6 nitrogen and oxygen atoms in total. The monoisotopic (exact) mass is 339 g/mol. The first-order chi connectivity index (χ1) is 11.1. The lowest BCUT2D eigenvalue weighted by Gasteiger charge is -2.31. The third-order valence-corrected chi connectivity index (χ3v) is 6.16. The fourth-order valence-electron chi connectivity index (χ4n) is 4.87. The van der Waals surface area contributed by atoms with E-state index in [1.165, 1.54) is 0 Å². The van der Waals surface area contributed by atoms with Gasteiger partial charge in [-0.2, -0.15) is 0 Å². The highest BCUT2D eigenvalue weighted by Crippen LogP contribution is 2.53. The molecule has 2 aliphatic carbocycles. The Morgan fingerprint density at radius 3 is 2.62 bits per heavy atom. The Hall–Kier alpha value is -0.625. The molecule has 0 aromatic carbocycles. The lowest BCUT2D eigenvalue weighted by Crippen LogP contribution is -2.48. The number of hydrogen-bond acceptors (Lipinski definition) is 5. The predicted molar refractivity (Wildman–Crippen MR) is 95.9 cm³/mol. The van der Waals surface area contributed by atoms with Crippen molar-refractivity contribution in [3.8, 4) is 0 Å². The molecule has 6 atom stereocenters. The minimum Gasteiger partial charge on any atom is -0.427 e. The maximum Gasteiger partial charge on any atom is 0.451 e. The SMILES string of the molecule is CC(C)[C@H](N)C(=O)N[C@H]1C[C@@H]2C[C@](C)(N)[C@@H](CCCB(O)O)[C@@H]2C1. The lowest BCUT2D eigenvalue weighted by atomic mass is 9.76. The van der Waals surface area contributed by atoms with E-state index in [4.69, 9.17) is 21.5 Å². The molecule has 0 bridgehead atoms. The Kier molecular flexibility index (Phi) is 6.34. The summed E-state index contributed by atoms with van der Waals surface area (Å²) in [6.07, 6.45) is 5.00. The Morgan fingerprint density at radius 2 is 2.04 bits per heavy atom. The fraction of sp³-hybridized carbons (Fsp3) is 0.941. The van der Waals surface area contributed by atoms with Crippen molar-refractivity contribution in [2.75, 3.05) is 0 Å². The van der Waals surface area contributed by atoms with Gasteiger partial charge < -0.3 is 26.8 Å². The average Bonchev–Trinajstić information content (AvgIpc) is 2.92. The van der Waals surface area contributed by atoms with Gasteiger partial charge in [-0.05, 0) is 62.6 Å². The summed E-state index contributed by atoms with van der Waals surface area (Å²) in [7, 11) is -1.24. The molecular formula is C17H34BN3O3. The van der Waals surface area contributed by atoms with Crippen LogP contribution in [0.15, 0.2) is 0 Å². The summed E-state index contributed by atoms with van der Waals surface area (Å²) < 4.78 is 0. The predicted octanol–water partition coefficient (Wildman–Crippen LogP) is 0.471. The minimum atomic E-state index is -1.24. The van der Waals surface area contributed by atoms with Crippen molar-refractivity contribution in [3.05, 3.63) is 0 Å². The van der Waals surface area contributed by atoms with E-state index in [9.17, 15) is 4.79 Å². The van der Waals surface area contributed by atoms with Crippen molar-refractivity contribution in [3.63, 3.8) is 0 Å². The van der Waals surface area contributed by atoms with E-state index in [0.29, 0.717) is 24.1 Å². The number of nitrogens with two attached hydrogens (primary N) is 2. The zero-order valence-corrected chi connectivity index (χ0v) is 15.2. The van der Waals surface area contributed by atoms with Crippen LogP contribution in [-0.2, 0) is 4.79 Å². The van der Waals surface area contributed by atoms with Crippen molar-refractivity contribution in [2.45, 2.75) is 76.8 Å². The Bertz CT molecular complexity index is 445. The molecule has 138 valence electrons. The molecule has 2 fully saturated rings. The second kappa shape index (κ2) is 7.73. The highest BCUT2D eigenvalue weighted by molar-refractivity contribution is 6.40. The number of carbonyl (C=O) groups excluding carboxylic acids is 1. The van der Waals surface area contributed by atoms with Crippen LogP contribution in [0.3, 0.4) is 0 Å². The summed E-state index contributed by atoms with van der Waals surface area (Å²) in [6.45, 7) is 6.03. The summed E-state index contributed by atoms with van der Waals surface area (Å²) in [5, 5.41) is 21.2. The molecule has 0 spiro atoms. The van der Waals surface area contributed by atoms with Gasteiger partial charge in [0.1, 0.15) is 0 Å². The normalized spacial score (nSPS) is 36.7. The van der Waals surface area contributed by atoms with E-state index in [0.717, 1.165) is 32.1 Å². The first kappa shape index (κ1) is 19.7. The molecule has 0 heterocycles. The Morgan fingerprint density at radius 1 is 1.38 bits per heavy atom. The summed E-state index contributed by atoms with van der Waals surface area (Å²) in [4.78, 5) is 12.2. The van der Waals surface area contributed by atoms with Gasteiger partial charge in [0.15, 0.2) is 0 Å². The number of carbonyl (C=O) groups is 1. The summed E-state index contributed by atoms with van der Waals surface area (Å²) in [5.41, 5.74) is 12.3. The van der Waals surface area contributed by atoms with Crippen LogP contribution < -0.4 is 16.8 Å². The molecule has 24 heavy (non-hydrogen) atoms. The highest BCUT2D eigenvalue weighted by atomic mass is 16.4. The molecule has 1 amide bonds. The van der Waals surface area contributed by atoms with Gasteiger partial charge in [-0.15, -0.1) is 0 Å². The highest BCUT2D eigenvalue weighted by Gasteiger charge is 2.52. The fourth-order valence-corrected chi connectivity index (χ4v) is 4.87. The Labute approximate surface area is 145 Å². The maximum absolute atomic E-state index is 12.2. The van der Waals surface area contributed by atoms with E-state index in [1.54, 1.807) is 0 Å². The quantitative estimate of drug-likeness (QED) is 0.432. The van der Waals surface area contributed by atoms with Crippen LogP contribution in [0, 0.1) is 23.7 Å². The zero-order chi connectivity index (χ0) is 18.1. The molecule has 0 saturated heterocycles. The number of rotatable bonds is 7. The van der Waals surface area contributed by atoms with Gasteiger partial charge in [0.05, 0.1) is 6.04 Å². The molecule has 2 rings (SSSR count). The van der Waals surface area contributed by atoms with Crippen molar-refractivity contribution < 1.29 is 14.8 Å². The number of hydrogen-bond donors (Lipinski definition) is 5. The third kappa shape index (κ3) is 4.51. The van der Waals surface area contributed by atoms with Crippen LogP contribution in [-0.4, -0.2) is 40.7 Å². The van der Waals surface area contributed by atoms with Crippen molar-refractivity contribution in [1.29, 1.82) is 0 Å². The smallest absolute Gasteiger partial charge is 0.427 e. The van der Waals surface area contributed by atoms with E-state index in [2.05, 4.69) is 12.2 Å². The van der Waals surface area contributed by atoms with Crippen LogP contribution in [0.25, 0.3) is 0 Å². The molecule has 7 heteroatoms. The van der Waals surface area contributed by atoms with Gasteiger partial charge in [-0.25, -0.2) is 0 Å². The van der Waals surface area contributed by atoms with E-state index < -0.39 is 13.2 Å². The summed E-state index contributed by atoms with van der Waals surface area (Å²) in [6, 6.07) is -0.258. The number of fused-ring (bicyclic) bond motifs is 1. The number of nitrogens with one attached hydrogen (secondary N) is 1. The van der Waals surface area contributed by atoms with Crippen LogP contribution in [0.4, 0.5) is 0 Å². The summed E-state index contributed by atoms with van der Waals surface area (Å²) in [5.74, 6) is 1.52. The van der Waals surface area contributed by atoms with Crippen molar-refractivity contribution in [1.82, 2.24) is 5.32 Å². The van der Waals surface area contributed by atoms with Gasteiger partial charge >= 0.3 is 7.12 Å². The van der Waals surface area contributed by atoms with Crippen molar-refractivity contribution in [2.24, 2.45) is 35.1 Å². The zero-order valence-electron chi connectivity index (χ0n) is 15.2. The number of amides is 1. The molecule has 0 unspecified atom stereocenters. The first-order valence-electron chi connectivity index (χ1n) is 9.32. The van der Waals surface area contributed by atoms with Crippen molar-refractivity contribution >= 4 is 13.0 Å². The van der Waals surface area contributed by atoms with E-state index in [-0.39, 0.29) is 23.4 Å². The second-order valence-corrected chi connectivity index (χ2v) is 8.60. The van der Waals surface area contributed by atoms with Crippen LogP contribution in [0.5, 0.6) is 0 Å². The topological polar surface area (TPSA) is 122 Å². The third-order valence-electron chi connectivity index (χ3n) is 6.16. The van der Waals surface area contributed by atoms with Gasteiger partial charge in [-0.1, -0.05) is 20.3 Å². The van der Waals surface area contributed by atoms with Gasteiger partial charge in [0, 0.05) is 11.6 Å². The standard InChI is InChI=1S/C17H34BN3O3/c1-10(2)15(19)16(22)21-12-7-11-9-17(3,20)14(13(11)8-12)5-4-6-18(23)24/h10-15,23-24H,4-9,19-20H2,1-3H3,(H,21,22)/t11-,12+,13-,14+,15+,17+/m1/s1.